The molecule has 10 heterocycles. The maximum absolute atomic E-state index is 11.2. The molecule has 6 aromatic heterocycles. The number of nitrogens with zero attached hydrogens (tertiary/aromatic N) is 11. The minimum absolute atomic E-state index is 0.0861. The minimum Gasteiger partial charge on any atom is -0.399 e. The Morgan fingerprint density at radius 3 is 1.04 bits per heavy atom. The van der Waals surface area contributed by atoms with Gasteiger partial charge in [-0.3, -0.25) is 9.59 Å². The lowest BCUT2D eigenvalue weighted by atomic mass is 9.69. The number of fused-ring (bicyclic) bond motifs is 9. The van der Waals surface area contributed by atoms with Gasteiger partial charge >= 0.3 is 7.12 Å². The van der Waals surface area contributed by atoms with E-state index in [9.17, 15) is 9.59 Å². The van der Waals surface area contributed by atoms with Gasteiger partial charge in [0.15, 0.2) is 12.6 Å². The zero-order valence-corrected chi connectivity index (χ0v) is 77.9. The Morgan fingerprint density at radius 1 is 0.344 bits per heavy atom. The molecule has 1 fully saturated rings. The number of para-hydroxylation sites is 6. The first-order chi connectivity index (χ1) is 62.0. The van der Waals surface area contributed by atoms with Crippen LogP contribution in [0.25, 0.3) is 92.8 Å². The molecule has 0 N–H and O–H groups in total. The van der Waals surface area contributed by atoms with E-state index in [-0.39, 0.29) is 40.1 Å². The molecular formula is C105H81BBrN11O4S6. The van der Waals surface area contributed by atoms with Crippen molar-refractivity contribution in [3.63, 3.8) is 0 Å². The number of carbonyl (C=O) groups is 2. The highest BCUT2D eigenvalue weighted by atomic mass is 79.9. The number of anilines is 9. The third-order valence-electron chi connectivity index (χ3n) is 25.0. The van der Waals surface area contributed by atoms with Crippen molar-refractivity contribution in [3.8, 4) is 65.7 Å². The molecule has 0 atom stereocenters. The molecule has 18 aromatic rings. The molecule has 626 valence electrons. The summed E-state index contributed by atoms with van der Waals surface area (Å²) < 4.78 is 41.0. The molecular weight excluding hydrogens is 1760 g/mol. The summed E-state index contributed by atoms with van der Waals surface area (Å²) in [6, 6.07) is 106. The summed E-state index contributed by atoms with van der Waals surface area (Å²) in [4.78, 5) is 34.4. The fourth-order valence-corrected chi connectivity index (χ4v) is 22.6. The molecule has 0 bridgehead atoms. The topological polar surface area (TPSA) is 187 Å². The van der Waals surface area contributed by atoms with Gasteiger partial charge in [0.05, 0.1) is 90.3 Å². The summed E-state index contributed by atoms with van der Waals surface area (Å²) in [5.41, 5.74) is 30.8. The Kier molecular flexibility index (Phi) is 22.5. The van der Waals surface area contributed by atoms with Crippen LogP contribution >= 0.6 is 85.1 Å². The van der Waals surface area contributed by atoms with Crippen LogP contribution < -0.4 is 20.2 Å². The molecule has 0 unspecified atom stereocenters. The van der Waals surface area contributed by atoms with E-state index in [1.807, 2.05) is 66.7 Å². The van der Waals surface area contributed by atoms with Gasteiger partial charge in [0.2, 0.25) is 0 Å². The van der Waals surface area contributed by atoms with Crippen molar-refractivity contribution in [3.05, 3.63) is 349 Å². The lowest BCUT2D eigenvalue weighted by molar-refractivity contribution is 0.00578. The average Bonchev–Trinajstić information content (AvgIpc) is 0.916. The number of nitriles is 2. The fourth-order valence-electron chi connectivity index (χ4n) is 17.7. The van der Waals surface area contributed by atoms with Crippen LogP contribution in [-0.2, 0) is 25.6 Å². The predicted octanol–water partition coefficient (Wildman–Crippen LogP) is 28.7. The molecule has 4 aliphatic heterocycles. The first-order valence-corrected chi connectivity index (χ1v) is 47.2. The van der Waals surface area contributed by atoms with Crippen molar-refractivity contribution < 1.29 is 18.9 Å². The number of aldehydes is 2. The van der Waals surface area contributed by atoms with Gasteiger partial charge < -0.3 is 24.0 Å². The van der Waals surface area contributed by atoms with Crippen LogP contribution in [0.1, 0.15) is 127 Å². The Morgan fingerprint density at radius 2 is 0.656 bits per heavy atom. The first-order valence-electron chi connectivity index (χ1n) is 41.7. The van der Waals surface area contributed by atoms with E-state index in [0.717, 1.165) is 136 Å². The van der Waals surface area contributed by atoms with Gasteiger partial charge in [-0.05, 0) is 227 Å². The smallest absolute Gasteiger partial charge is 0.399 e. The Bertz CT molecular complexity index is 7450. The van der Waals surface area contributed by atoms with Gasteiger partial charge in [-0.15, -0.1) is 34.0 Å². The second-order valence-corrected chi connectivity index (χ2v) is 40.0. The molecule has 0 amide bonds. The molecule has 0 saturated carbocycles. The largest absolute Gasteiger partial charge is 0.494 e. The van der Waals surface area contributed by atoms with Crippen molar-refractivity contribution in [2.45, 2.75) is 96.7 Å². The molecule has 0 radical (unpaired) electrons. The third kappa shape index (κ3) is 15.2. The van der Waals surface area contributed by atoms with Gasteiger partial charge in [-0.1, -0.05) is 205 Å². The summed E-state index contributed by atoms with van der Waals surface area (Å²) >= 11 is 11.6. The van der Waals surface area contributed by atoms with Gasteiger partial charge in [-0.2, -0.15) is 36.8 Å². The molecule has 1 saturated heterocycles. The number of halogens is 1. The summed E-state index contributed by atoms with van der Waals surface area (Å²) in [7, 11) is -0.367. The van der Waals surface area contributed by atoms with Crippen LogP contribution in [0.3, 0.4) is 0 Å². The van der Waals surface area contributed by atoms with Gasteiger partial charge in [0, 0.05) is 85.1 Å². The number of hydrogen-bond acceptors (Lipinski definition) is 21. The van der Waals surface area contributed by atoms with Crippen LogP contribution in [0.2, 0.25) is 0 Å². The van der Waals surface area contributed by atoms with E-state index in [1.165, 1.54) is 137 Å². The van der Waals surface area contributed by atoms with E-state index in [1.54, 1.807) is 6.08 Å². The van der Waals surface area contributed by atoms with Crippen LogP contribution in [0, 0.1) is 22.7 Å². The number of rotatable bonds is 12. The predicted molar refractivity (Wildman–Crippen MR) is 533 cm³/mol. The van der Waals surface area contributed by atoms with Crippen molar-refractivity contribution in [2.75, 3.05) is 14.7 Å². The zero-order chi connectivity index (χ0) is 88.5. The number of carbonyl (C=O) groups excluding carboxylic acids is 2. The van der Waals surface area contributed by atoms with Crippen LogP contribution in [0.4, 0.5) is 51.2 Å². The van der Waals surface area contributed by atoms with Crippen molar-refractivity contribution in [1.82, 2.24) is 26.2 Å². The maximum atomic E-state index is 11.2. The molecule has 128 heavy (non-hydrogen) atoms. The highest BCUT2D eigenvalue weighted by Gasteiger charge is 2.52. The molecule has 12 aromatic carbocycles. The highest BCUT2D eigenvalue weighted by Crippen LogP contribution is 2.57. The lowest BCUT2D eigenvalue weighted by Crippen LogP contribution is -2.41. The van der Waals surface area contributed by atoms with Gasteiger partial charge in [0.25, 0.3) is 0 Å². The molecule has 0 aliphatic carbocycles. The quantitative estimate of drug-likeness (QED) is 0.0638. The third-order valence-corrected chi connectivity index (χ3v) is 30.4. The van der Waals surface area contributed by atoms with E-state index in [4.69, 9.17) is 33.0 Å². The highest BCUT2D eigenvalue weighted by molar-refractivity contribution is 9.10. The summed E-state index contributed by atoms with van der Waals surface area (Å²) in [6.07, 6.45) is 3.37. The van der Waals surface area contributed by atoms with Crippen molar-refractivity contribution >= 4 is 201 Å². The summed E-state index contributed by atoms with van der Waals surface area (Å²) in [6.45, 7) is 22.2. The monoisotopic (exact) mass is 1840 g/mol. The number of allylic oxidation sites excluding steroid dienone is 1. The molecule has 0 spiro atoms. The molecule has 22 rings (SSSR count). The van der Waals surface area contributed by atoms with E-state index in [0.29, 0.717) is 4.88 Å². The first kappa shape index (κ1) is 84.6. The minimum atomic E-state index is -0.367. The second kappa shape index (κ2) is 34.0. The van der Waals surface area contributed by atoms with Crippen LogP contribution in [0.5, 0.6) is 0 Å². The zero-order valence-electron chi connectivity index (χ0n) is 71.4. The number of benzene rings is 12. The van der Waals surface area contributed by atoms with E-state index in [2.05, 4.69) is 350 Å². The second-order valence-electron chi connectivity index (χ2n) is 34.2. The normalized spacial score (nSPS) is 14.8. The summed E-state index contributed by atoms with van der Waals surface area (Å²) in [5.74, 6) is 0. The number of hydrogen-bond donors (Lipinski definition) is 0. The standard InChI is InChI=1S/C35H23N5S2.C32H23N3OS2.C27H30BNO2.C11H5BrN2OS2/c1-35(2)28-10-6-7-11-30(28)40(24-8-4-3-5-9-24)31-16-12-23(19-29(31)35)26-14-15-27(34-33(26)38-42-39-34)32-17-13-25(41-32)18-22(20-36)21-37;1-32(2)25-10-6-7-11-27(25)35(21-8-4-3-5-9-21)28-16-12-20(18-26(28)32)23-14-15-24(31-30(23)33-38-34-31)29-17-13-22(19-36)37-29;1-25(2)21-14-10-11-15-23(21)29(20-12-8-7-9-13-20)24-17-16-19(18-22(24)25)28-30-26(3,4)27(5,6)31-28;12-8-3-2-7(10-11(8)14-17-13-10)9-4-1-6(5-15)16-9/h3-19H,1-2H3;3-19H,1-2H3;7-18H,1-6H3;1-5H. The van der Waals surface area contributed by atoms with E-state index >= 15 is 0 Å². The average molecular weight is 1840 g/mol. The Labute approximate surface area is 776 Å². The van der Waals surface area contributed by atoms with E-state index < -0.39 is 0 Å². The van der Waals surface area contributed by atoms with Crippen LogP contribution in [-0.4, -0.2) is 57.1 Å². The number of aromatic nitrogens is 6. The summed E-state index contributed by atoms with van der Waals surface area (Å²) in [5, 5.41) is 18.3. The molecule has 4 aliphatic rings. The maximum Gasteiger partial charge on any atom is 0.494 e. The molecule has 23 heteroatoms. The van der Waals surface area contributed by atoms with Gasteiger partial charge in [-0.25, -0.2) is 0 Å². The SMILES string of the molecule is CC1(C)c2ccccc2N(c2ccccc2)c2ccc(-c3ccc(-c4ccc(C=C(C#N)C#N)s4)c4nsnc34)cc21.CC1(C)c2ccccc2N(c2ccccc2)c2ccc(-c3ccc(-c4ccc(C=O)s4)c4nsnc34)cc21.CC1(C)c2ccccc2N(c2ccccc2)c2ccc(B3OC(C)(C)C(C)(C)O3)cc21.O=Cc1ccc(-c2ccc(Br)c3nsnc23)s1. The Hall–Kier alpha value is -12.9. The van der Waals surface area contributed by atoms with Crippen molar-refractivity contribution in [1.29, 1.82) is 10.5 Å². The molecule has 15 nitrogen and oxygen atoms in total. The number of thiophene rings is 3. The fraction of sp³-hybridized carbons (Fsp3) is 0.143. The Balaban J connectivity index is 0.000000115. The lowest BCUT2D eigenvalue weighted by Gasteiger charge is -2.42. The van der Waals surface area contributed by atoms with Crippen molar-refractivity contribution in [2.24, 2.45) is 0 Å². The van der Waals surface area contributed by atoms with Gasteiger partial charge in [0.1, 0.15) is 50.8 Å². The van der Waals surface area contributed by atoms with Crippen LogP contribution in [0.15, 0.2) is 301 Å².